The molecule has 0 aromatic carbocycles. The van der Waals surface area contributed by atoms with Gasteiger partial charge in [-0.1, -0.05) is 6.07 Å². The molecule has 2 aromatic heterocycles. The third kappa shape index (κ3) is 3.67. The predicted octanol–water partition coefficient (Wildman–Crippen LogP) is 3.02. The lowest BCUT2D eigenvalue weighted by atomic mass is 10.1. The van der Waals surface area contributed by atoms with E-state index >= 15 is 0 Å². The first-order valence-electron chi connectivity index (χ1n) is 7.82. The van der Waals surface area contributed by atoms with Gasteiger partial charge in [0.1, 0.15) is 22.9 Å². The molecule has 1 aliphatic rings. The summed E-state index contributed by atoms with van der Waals surface area (Å²) in [6, 6.07) is 5.42. The standard InChI is InChI=1S/C16H21N5O2/c1-16(2,3)23-15(22)18-12-8-6-7-11(17-12)14-20-19-13-9-4-5-10-21(13)14/h6-8H,4-5,9-10H2,1-3H3,(H,17,18,22). The summed E-state index contributed by atoms with van der Waals surface area (Å²) in [5.74, 6) is 2.18. The molecule has 1 amide bonds. The van der Waals surface area contributed by atoms with Crippen LogP contribution in [0.25, 0.3) is 11.5 Å². The molecule has 0 bridgehead atoms. The van der Waals surface area contributed by atoms with Crippen LogP contribution in [-0.4, -0.2) is 31.4 Å². The van der Waals surface area contributed by atoms with Crippen molar-refractivity contribution in [1.82, 2.24) is 19.7 Å². The van der Waals surface area contributed by atoms with E-state index in [1.807, 2.05) is 32.9 Å². The van der Waals surface area contributed by atoms with Gasteiger partial charge in [0, 0.05) is 13.0 Å². The van der Waals surface area contributed by atoms with E-state index in [2.05, 4.69) is 25.1 Å². The first-order valence-corrected chi connectivity index (χ1v) is 7.82. The molecule has 1 aliphatic heterocycles. The highest BCUT2D eigenvalue weighted by atomic mass is 16.6. The first kappa shape index (κ1) is 15.5. The number of rotatable bonds is 2. The number of pyridine rings is 1. The zero-order valence-corrected chi connectivity index (χ0v) is 13.7. The van der Waals surface area contributed by atoms with Gasteiger partial charge in [0.2, 0.25) is 0 Å². The van der Waals surface area contributed by atoms with E-state index in [1.54, 1.807) is 6.07 Å². The molecule has 7 heteroatoms. The largest absolute Gasteiger partial charge is 0.444 e. The summed E-state index contributed by atoms with van der Waals surface area (Å²) in [5, 5.41) is 11.1. The number of ether oxygens (including phenoxy) is 1. The van der Waals surface area contributed by atoms with Crippen molar-refractivity contribution in [3.8, 4) is 11.5 Å². The summed E-state index contributed by atoms with van der Waals surface area (Å²) in [5.41, 5.74) is 0.146. The molecule has 0 saturated carbocycles. The van der Waals surface area contributed by atoms with E-state index in [0.29, 0.717) is 11.5 Å². The quantitative estimate of drug-likeness (QED) is 0.921. The van der Waals surface area contributed by atoms with Gasteiger partial charge in [0.25, 0.3) is 0 Å². The fourth-order valence-corrected chi connectivity index (χ4v) is 2.53. The van der Waals surface area contributed by atoms with E-state index in [0.717, 1.165) is 37.5 Å². The Bertz CT molecular complexity index is 718. The Morgan fingerprint density at radius 1 is 1.26 bits per heavy atom. The van der Waals surface area contributed by atoms with Crippen molar-refractivity contribution in [2.24, 2.45) is 0 Å². The maximum Gasteiger partial charge on any atom is 0.413 e. The van der Waals surface area contributed by atoms with E-state index in [1.165, 1.54) is 0 Å². The summed E-state index contributed by atoms with van der Waals surface area (Å²) in [4.78, 5) is 16.3. The Labute approximate surface area is 135 Å². The molecule has 122 valence electrons. The van der Waals surface area contributed by atoms with Gasteiger partial charge in [-0.15, -0.1) is 10.2 Å². The van der Waals surface area contributed by atoms with Crippen LogP contribution in [0.4, 0.5) is 10.6 Å². The van der Waals surface area contributed by atoms with Crippen LogP contribution >= 0.6 is 0 Å². The summed E-state index contributed by atoms with van der Waals surface area (Å²) >= 11 is 0. The molecule has 0 radical (unpaired) electrons. The summed E-state index contributed by atoms with van der Waals surface area (Å²) in [6.45, 7) is 6.36. The van der Waals surface area contributed by atoms with E-state index in [4.69, 9.17) is 4.74 Å². The number of fused-ring (bicyclic) bond motifs is 1. The van der Waals surface area contributed by atoms with E-state index < -0.39 is 11.7 Å². The van der Waals surface area contributed by atoms with Gasteiger partial charge in [-0.05, 0) is 45.7 Å². The van der Waals surface area contributed by atoms with Crippen molar-refractivity contribution in [3.05, 3.63) is 24.0 Å². The van der Waals surface area contributed by atoms with E-state index in [9.17, 15) is 4.79 Å². The van der Waals surface area contributed by atoms with Crippen molar-refractivity contribution < 1.29 is 9.53 Å². The number of aryl methyl sites for hydroxylation is 1. The van der Waals surface area contributed by atoms with E-state index in [-0.39, 0.29) is 0 Å². The van der Waals surface area contributed by atoms with Crippen LogP contribution in [0.15, 0.2) is 18.2 Å². The van der Waals surface area contributed by atoms with Crippen LogP contribution in [-0.2, 0) is 17.7 Å². The lowest BCUT2D eigenvalue weighted by Crippen LogP contribution is -2.27. The minimum absolute atomic E-state index is 0.435. The highest BCUT2D eigenvalue weighted by molar-refractivity contribution is 5.83. The minimum Gasteiger partial charge on any atom is -0.444 e. The van der Waals surface area contributed by atoms with Crippen LogP contribution in [0, 0.1) is 0 Å². The third-order valence-electron chi connectivity index (χ3n) is 3.47. The Kier molecular flexibility index (Phi) is 4.02. The molecular formula is C16H21N5O2. The summed E-state index contributed by atoms with van der Waals surface area (Å²) < 4.78 is 7.34. The average Bonchev–Trinajstić information content (AvgIpc) is 2.89. The van der Waals surface area contributed by atoms with Crippen LogP contribution in [0.5, 0.6) is 0 Å². The molecular weight excluding hydrogens is 294 g/mol. The Morgan fingerprint density at radius 2 is 2.09 bits per heavy atom. The van der Waals surface area contributed by atoms with Gasteiger partial charge < -0.3 is 9.30 Å². The number of anilines is 1. The number of aromatic nitrogens is 4. The van der Waals surface area contributed by atoms with Crippen LogP contribution in [0.1, 0.15) is 39.4 Å². The minimum atomic E-state index is -0.548. The van der Waals surface area contributed by atoms with Crippen molar-refractivity contribution in [3.63, 3.8) is 0 Å². The zero-order chi connectivity index (χ0) is 16.4. The van der Waals surface area contributed by atoms with Crippen molar-refractivity contribution in [1.29, 1.82) is 0 Å². The molecule has 23 heavy (non-hydrogen) atoms. The molecule has 0 spiro atoms. The maximum absolute atomic E-state index is 11.9. The molecule has 3 rings (SSSR count). The van der Waals surface area contributed by atoms with Crippen molar-refractivity contribution >= 4 is 11.9 Å². The van der Waals surface area contributed by atoms with Crippen molar-refractivity contribution in [2.45, 2.75) is 52.2 Å². The molecule has 0 fully saturated rings. The highest BCUT2D eigenvalue weighted by Crippen LogP contribution is 2.22. The number of hydrogen-bond acceptors (Lipinski definition) is 5. The maximum atomic E-state index is 11.9. The van der Waals surface area contributed by atoms with Gasteiger partial charge in [0.05, 0.1) is 0 Å². The monoisotopic (exact) mass is 315 g/mol. The van der Waals surface area contributed by atoms with Gasteiger partial charge in [0.15, 0.2) is 5.82 Å². The Balaban J connectivity index is 1.80. The fraction of sp³-hybridized carbons (Fsp3) is 0.500. The molecule has 0 saturated heterocycles. The van der Waals surface area contributed by atoms with Crippen molar-refractivity contribution in [2.75, 3.05) is 5.32 Å². The van der Waals surface area contributed by atoms with Gasteiger partial charge in [-0.25, -0.2) is 9.78 Å². The molecule has 7 nitrogen and oxygen atoms in total. The SMILES string of the molecule is CC(C)(C)OC(=O)Nc1cccc(-c2nnc3n2CCCC3)n1. The highest BCUT2D eigenvalue weighted by Gasteiger charge is 2.19. The second kappa shape index (κ2) is 5.98. The molecule has 0 atom stereocenters. The predicted molar refractivity (Wildman–Crippen MR) is 86.0 cm³/mol. The normalized spacial score (nSPS) is 14.2. The molecule has 2 aromatic rings. The third-order valence-corrected chi connectivity index (χ3v) is 3.47. The van der Waals surface area contributed by atoms with Gasteiger partial charge >= 0.3 is 6.09 Å². The van der Waals surface area contributed by atoms with Crippen LogP contribution in [0.2, 0.25) is 0 Å². The summed E-state index contributed by atoms with van der Waals surface area (Å²) in [6.07, 6.45) is 2.69. The number of hydrogen-bond donors (Lipinski definition) is 1. The molecule has 1 N–H and O–H groups in total. The fourth-order valence-electron chi connectivity index (χ4n) is 2.53. The van der Waals surface area contributed by atoms with Gasteiger partial charge in [-0.3, -0.25) is 5.32 Å². The topological polar surface area (TPSA) is 81.9 Å². The number of nitrogens with one attached hydrogen (secondary N) is 1. The van der Waals surface area contributed by atoms with Crippen LogP contribution in [0.3, 0.4) is 0 Å². The number of carbonyl (C=O) groups is 1. The second-order valence-electron chi connectivity index (χ2n) is 6.58. The average molecular weight is 315 g/mol. The summed E-state index contributed by atoms with van der Waals surface area (Å²) in [7, 11) is 0. The lowest BCUT2D eigenvalue weighted by molar-refractivity contribution is 0.0635. The smallest absolute Gasteiger partial charge is 0.413 e. The second-order valence-corrected chi connectivity index (χ2v) is 6.58. The Morgan fingerprint density at radius 3 is 2.87 bits per heavy atom. The zero-order valence-electron chi connectivity index (χ0n) is 13.7. The lowest BCUT2D eigenvalue weighted by Gasteiger charge is -2.19. The Hall–Kier alpha value is -2.44. The van der Waals surface area contributed by atoms with Crippen LogP contribution < -0.4 is 5.32 Å². The molecule has 0 unspecified atom stereocenters. The molecule has 3 heterocycles. The van der Waals surface area contributed by atoms with Gasteiger partial charge in [-0.2, -0.15) is 0 Å². The number of carbonyl (C=O) groups excluding carboxylic acids is 1. The molecule has 0 aliphatic carbocycles. The first-order chi connectivity index (χ1) is 10.9. The number of amides is 1. The number of nitrogens with zero attached hydrogens (tertiary/aromatic N) is 4.